The summed E-state index contributed by atoms with van der Waals surface area (Å²) in [6.07, 6.45) is 0. The average molecular weight is 680 g/mol. The van der Waals surface area contributed by atoms with Gasteiger partial charge in [-0.15, -0.1) is 0 Å². The van der Waals surface area contributed by atoms with E-state index in [0.717, 1.165) is 77.4 Å². The SMILES string of the molecule is CC1(C)c2ccccc2-c2cc3c(cc21)oc1c(-c2ccc4c(c2)c2ccccc2n4-c2nc(-c4ccccc4)cc(-c4ccccc4)n2)cccc13. The molecule has 0 fully saturated rings. The lowest BCUT2D eigenvalue weighted by atomic mass is 9.82. The Kier molecular flexibility index (Phi) is 6.27. The Labute approximate surface area is 306 Å². The molecule has 0 N–H and O–H groups in total. The van der Waals surface area contributed by atoms with Crippen molar-refractivity contribution >= 4 is 43.7 Å². The fourth-order valence-electron chi connectivity index (χ4n) is 8.62. The topological polar surface area (TPSA) is 43.9 Å². The minimum absolute atomic E-state index is 0.0899. The standard InChI is InChI=1S/C49H33N3O/c1-49(2)40-22-11-9-18-34(40)37-27-39-36-21-13-20-33(47(36)53-46(39)28-41(37)49)32-24-25-45-38(26-32)35-19-10-12-23-44(35)52(45)48-50-42(30-14-5-3-6-15-30)29-43(51-48)31-16-7-4-8-17-31/h3-29H,1-2H3. The van der Waals surface area contributed by atoms with E-state index in [4.69, 9.17) is 14.4 Å². The summed E-state index contributed by atoms with van der Waals surface area (Å²) in [5.41, 5.74) is 15.2. The molecule has 7 aromatic carbocycles. The number of aromatic nitrogens is 3. The number of fused-ring (bicyclic) bond motifs is 9. The molecular weight excluding hydrogens is 647 g/mol. The van der Waals surface area contributed by atoms with Crippen LogP contribution in [0.2, 0.25) is 0 Å². The number of hydrogen-bond donors (Lipinski definition) is 0. The molecule has 10 aromatic rings. The molecule has 0 amide bonds. The molecule has 250 valence electrons. The molecule has 4 nitrogen and oxygen atoms in total. The molecule has 3 heterocycles. The molecule has 1 aliphatic rings. The predicted octanol–water partition coefficient (Wildman–Crippen LogP) is 12.8. The zero-order valence-electron chi connectivity index (χ0n) is 29.3. The third kappa shape index (κ3) is 4.42. The zero-order chi connectivity index (χ0) is 35.3. The van der Waals surface area contributed by atoms with Gasteiger partial charge in [-0.1, -0.05) is 141 Å². The number of furan rings is 1. The third-order valence-corrected chi connectivity index (χ3v) is 11.2. The maximum atomic E-state index is 6.81. The zero-order valence-corrected chi connectivity index (χ0v) is 29.3. The monoisotopic (exact) mass is 679 g/mol. The summed E-state index contributed by atoms with van der Waals surface area (Å²) in [6, 6.07) is 58.0. The van der Waals surface area contributed by atoms with E-state index in [1.54, 1.807) is 0 Å². The Morgan fingerprint density at radius 2 is 1.09 bits per heavy atom. The van der Waals surface area contributed by atoms with Gasteiger partial charge in [0.15, 0.2) is 0 Å². The first kappa shape index (κ1) is 29.9. The van der Waals surface area contributed by atoms with Gasteiger partial charge in [-0.05, 0) is 64.2 Å². The molecule has 0 radical (unpaired) electrons. The summed E-state index contributed by atoms with van der Waals surface area (Å²) in [4.78, 5) is 10.4. The molecule has 0 bridgehead atoms. The van der Waals surface area contributed by atoms with Crippen molar-refractivity contribution in [2.75, 3.05) is 0 Å². The van der Waals surface area contributed by atoms with Gasteiger partial charge in [-0.2, -0.15) is 0 Å². The van der Waals surface area contributed by atoms with Gasteiger partial charge in [0.25, 0.3) is 0 Å². The second-order valence-electron chi connectivity index (χ2n) is 14.6. The van der Waals surface area contributed by atoms with Gasteiger partial charge in [0, 0.05) is 43.7 Å². The van der Waals surface area contributed by atoms with E-state index in [-0.39, 0.29) is 5.41 Å². The lowest BCUT2D eigenvalue weighted by molar-refractivity contribution is 0.648. The van der Waals surface area contributed by atoms with Crippen molar-refractivity contribution in [3.63, 3.8) is 0 Å². The molecule has 1 aliphatic carbocycles. The van der Waals surface area contributed by atoms with E-state index in [9.17, 15) is 0 Å². The van der Waals surface area contributed by atoms with Crippen LogP contribution in [-0.2, 0) is 5.41 Å². The lowest BCUT2D eigenvalue weighted by Gasteiger charge is -2.21. The first-order chi connectivity index (χ1) is 26.0. The maximum absolute atomic E-state index is 6.81. The Hall–Kier alpha value is -6.78. The van der Waals surface area contributed by atoms with Gasteiger partial charge < -0.3 is 4.42 Å². The molecule has 4 heteroatoms. The summed E-state index contributed by atoms with van der Waals surface area (Å²) < 4.78 is 9.02. The van der Waals surface area contributed by atoms with E-state index in [1.165, 1.54) is 22.3 Å². The Bertz CT molecular complexity index is 3020. The highest BCUT2D eigenvalue weighted by molar-refractivity contribution is 6.14. The van der Waals surface area contributed by atoms with Crippen LogP contribution in [0.4, 0.5) is 0 Å². The molecule has 0 atom stereocenters. The van der Waals surface area contributed by atoms with Gasteiger partial charge in [-0.25, -0.2) is 9.97 Å². The molecular formula is C49H33N3O. The minimum atomic E-state index is -0.0899. The van der Waals surface area contributed by atoms with Crippen LogP contribution >= 0.6 is 0 Å². The number of rotatable bonds is 4. The third-order valence-electron chi connectivity index (χ3n) is 11.2. The van der Waals surface area contributed by atoms with Gasteiger partial charge in [0.1, 0.15) is 11.2 Å². The molecule has 3 aromatic heterocycles. The van der Waals surface area contributed by atoms with E-state index in [1.807, 2.05) is 12.1 Å². The molecule has 0 spiro atoms. The number of benzene rings is 7. The number of para-hydroxylation sites is 2. The lowest BCUT2D eigenvalue weighted by Crippen LogP contribution is -2.14. The second kappa shape index (κ2) is 11.1. The molecule has 0 unspecified atom stereocenters. The number of hydrogen-bond acceptors (Lipinski definition) is 3. The molecule has 0 saturated heterocycles. The highest BCUT2D eigenvalue weighted by atomic mass is 16.3. The van der Waals surface area contributed by atoms with Gasteiger partial charge in [-0.3, -0.25) is 4.57 Å². The molecule has 0 aliphatic heterocycles. The summed E-state index contributed by atoms with van der Waals surface area (Å²) in [7, 11) is 0. The van der Waals surface area contributed by atoms with Crippen molar-refractivity contribution < 1.29 is 4.42 Å². The fourth-order valence-corrected chi connectivity index (χ4v) is 8.62. The first-order valence-electron chi connectivity index (χ1n) is 18.2. The highest BCUT2D eigenvalue weighted by Crippen LogP contribution is 2.51. The van der Waals surface area contributed by atoms with Crippen LogP contribution in [0.25, 0.3) is 94.5 Å². The first-order valence-corrected chi connectivity index (χ1v) is 18.2. The highest BCUT2D eigenvalue weighted by Gasteiger charge is 2.36. The van der Waals surface area contributed by atoms with Crippen molar-refractivity contribution in [2.24, 2.45) is 0 Å². The van der Waals surface area contributed by atoms with E-state index < -0.39 is 0 Å². The van der Waals surface area contributed by atoms with Crippen molar-refractivity contribution in [3.05, 3.63) is 175 Å². The van der Waals surface area contributed by atoms with Crippen molar-refractivity contribution in [1.82, 2.24) is 14.5 Å². The van der Waals surface area contributed by atoms with E-state index in [0.29, 0.717) is 5.95 Å². The van der Waals surface area contributed by atoms with Crippen LogP contribution in [0, 0.1) is 0 Å². The molecule has 0 saturated carbocycles. The summed E-state index contributed by atoms with van der Waals surface area (Å²) in [5.74, 6) is 0.640. The smallest absolute Gasteiger partial charge is 0.235 e. The Morgan fingerprint density at radius 1 is 0.453 bits per heavy atom. The molecule has 11 rings (SSSR count). The average Bonchev–Trinajstić information content (AvgIpc) is 3.82. The van der Waals surface area contributed by atoms with Gasteiger partial charge in [0.05, 0.1) is 22.4 Å². The van der Waals surface area contributed by atoms with E-state index >= 15 is 0 Å². The largest absolute Gasteiger partial charge is 0.455 e. The summed E-state index contributed by atoms with van der Waals surface area (Å²) in [5, 5.41) is 4.56. The van der Waals surface area contributed by atoms with Crippen LogP contribution in [0.3, 0.4) is 0 Å². The molecule has 53 heavy (non-hydrogen) atoms. The predicted molar refractivity (Wildman–Crippen MR) is 218 cm³/mol. The van der Waals surface area contributed by atoms with Gasteiger partial charge >= 0.3 is 0 Å². The summed E-state index contributed by atoms with van der Waals surface area (Å²) in [6.45, 7) is 4.63. The van der Waals surface area contributed by atoms with Crippen LogP contribution in [0.1, 0.15) is 25.0 Å². The van der Waals surface area contributed by atoms with Crippen molar-refractivity contribution in [3.8, 4) is 50.7 Å². The number of nitrogens with zero attached hydrogens (tertiary/aromatic N) is 3. The second-order valence-corrected chi connectivity index (χ2v) is 14.6. The minimum Gasteiger partial charge on any atom is -0.455 e. The Balaban J connectivity index is 1.11. The van der Waals surface area contributed by atoms with Crippen molar-refractivity contribution in [2.45, 2.75) is 19.3 Å². The summed E-state index contributed by atoms with van der Waals surface area (Å²) >= 11 is 0. The van der Waals surface area contributed by atoms with E-state index in [2.05, 4.69) is 170 Å². The van der Waals surface area contributed by atoms with Gasteiger partial charge in [0.2, 0.25) is 5.95 Å². The van der Waals surface area contributed by atoms with Crippen LogP contribution in [-0.4, -0.2) is 14.5 Å². The van der Waals surface area contributed by atoms with Crippen LogP contribution < -0.4 is 0 Å². The normalized spacial score (nSPS) is 13.2. The van der Waals surface area contributed by atoms with Crippen molar-refractivity contribution in [1.29, 1.82) is 0 Å². The fraction of sp³-hybridized carbons (Fsp3) is 0.0612. The van der Waals surface area contributed by atoms with Crippen LogP contribution in [0.5, 0.6) is 0 Å². The maximum Gasteiger partial charge on any atom is 0.235 e. The Morgan fingerprint density at radius 3 is 1.87 bits per heavy atom. The quantitative estimate of drug-likeness (QED) is 0.186. The van der Waals surface area contributed by atoms with Crippen LogP contribution in [0.15, 0.2) is 168 Å².